The summed E-state index contributed by atoms with van der Waals surface area (Å²) in [4.78, 5) is 26.0. The Bertz CT molecular complexity index is 547. The van der Waals surface area contributed by atoms with Gasteiger partial charge < -0.3 is 15.4 Å². The number of amides is 1. The SMILES string of the molecule is COC(=O)C1CCN(C(=O)C(C(N)=S)c2ccccc2)C1. The molecule has 2 atom stereocenters. The molecule has 2 N–H and O–H groups in total. The number of carbonyl (C=O) groups excluding carboxylic acids is 2. The van der Waals surface area contributed by atoms with Crippen LogP contribution < -0.4 is 5.73 Å². The number of methoxy groups -OCH3 is 1. The van der Waals surface area contributed by atoms with Crippen LogP contribution in [-0.4, -0.2) is 42.0 Å². The Labute approximate surface area is 129 Å². The Hall–Kier alpha value is -1.95. The maximum Gasteiger partial charge on any atom is 0.310 e. The Kier molecular flexibility index (Phi) is 4.90. The van der Waals surface area contributed by atoms with Gasteiger partial charge in [0.25, 0.3) is 0 Å². The number of nitrogens with two attached hydrogens (primary N) is 1. The maximum absolute atomic E-state index is 12.7. The summed E-state index contributed by atoms with van der Waals surface area (Å²) in [5.41, 5.74) is 6.52. The minimum atomic E-state index is -0.641. The van der Waals surface area contributed by atoms with Crippen LogP contribution in [0.4, 0.5) is 0 Å². The number of carbonyl (C=O) groups is 2. The van der Waals surface area contributed by atoms with Crippen LogP contribution in [0.3, 0.4) is 0 Å². The van der Waals surface area contributed by atoms with Crippen LogP contribution in [0.5, 0.6) is 0 Å². The van der Waals surface area contributed by atoms with Crippen molar-refractivity contribution in [2.45, 2.75) is 12.3 Å². The molecule has 1 aliphatic rings. The number of thiocarbonyl (C=S) groups is 1. The average Bonchev–Trinajstić information content (AvgIpc) is 2.97. The molecular weight excluding hydrogens is 288 g/mol. The van der Waals surface area contributed by atoms with Gasteiger partial charge >= 0.3 is 5.97 Å². The van der Waals surface area contributed by atoms with E-state index in [1.54, 1.807) is 4.90 Å². The minimum absolute atomic E-state index is 0.146. The lowest BCUT2D eigenvalue weighted by Crippen LogP contribution is -2.39. The molecule has 0 spiro atoms. The van der Waals surface area contributed by atoms with Crippen LogP contribution in [0.25, 0.3) is 0 Å². The predicted octanol–water partition coefficient (Wildman–Crippen LogP) is 1.08. The predicted molar refractivity (Wildman–Crippen MR) is 82.7 cm³/mol. The Morgan fingerprint density at radius 2 is 2.05 bits per heavy atom. The quantitative estimate of drug-likeness (QED) is 0.665. The van der Waals surface area contributed by atoms with Gasteiger partial charge in [0.05, 0.1) is 18.0 Å². The van der Waals surface area contributed by atoms with E-state index < -0.39 is 5.92 Å². The summed E-state index contributed by atoms with van der Waals surface area (Å²) in [7, 11) is 1.36. The van der Waals surface area contributed by atoms with Crippen molar-refractivity contribution in [2.24, 2.45) is 11.7 Å². The lowest BCUT2D eigenvalue weighted by Gasteiger charge is -2.23. The molecule has 1 fully saturated rings. The second kappa shape index (κ2) is 6.67. The Morgan fingerprint density at radius 1 is 1.38 bits per heavy atom. The van der Waals surface area contributed by atoms with Crippen LogP contribution in [0.1, 0.15) is 17.9 Å². The number of hydrogen-bond acceptors (Lipinski definition) is 4. The van der Waals surface area contributed by atoms with Gasteiger partial charge in [-0.3, -0.25) is 9.59 Å². The molecule has 1 aliphatic heterocycles. The van der Waals surface area contributed by atoms with Crippen molar-refractivity contribution in [3.8, 4) is 0 Å². The fourth-order valence-corrected chi connectivity index (χ4v) is 2.81. The van der Waals surface area contributed by atoms with E-state index in [2.05, 4.69) is 0 Å². The molecule has 0 aromatic heterocycles. The molecule has 1 amide bonds. The van der Waals surface area contributed by atoms with Gasteiger partial charge in [0.2, 0.25) is 5.91 Å². The molecule has 1 aromatic carbocycles. The molecular formula is C15H18N2O3S. The van der Waals surface area contributed by atoms with E-state index in [0.717, 1.165) is 5.56 Å². The van der Waals surface area contributed by atoms with Crippen LogP contribution in [0.15, 0.2) is 30.3 Å². The number of likely N-dealkylation sites (tertiary alicyclic amines) is 1. The van der Waals surface area contributed by atoms with Gasteiger partial charge in [-0.1, -0.05) is 42.5 Å². The minimum Gasteiger partial charge on any atom is -0.469 e. The first-order chi connectivity index (χ1) is 10.0. The van der Waals surface area contributed by atoms with Crippen molar-refractivity contribution >= 4 is 29.1 Å². The number of nitrogens with zero attached hydrogens (tertiary/aromatic N) is 1. The molecule has 112 valence electrons. The maximum atomic E-state index is 12.7. The first kappa shape index (κ1) is 15.4. The van der Waals surface area contributed by atoms with Gasteiger partial charge in [0, 0.05) is 13.1 Å². The number of benzene rings is 1. The summed E-state index contributed by atoms with van der Waals surface area (Å²) >= 11 is 5.05. The van der Waals surface area contributed by atoms with Crippen molar-refractivity contribution in [1.82, 2.24) is 4.90 Å². The Balaban J connectivity index is 2.14. The standard InChI is InChI=1S/C15H18N2O3S/c1-20-15(19)11-7-8-17(9-11)14(18)12(13(16)21)10-5-3-2-4-6-10/h2-6,11-12H,7-9H2,1H3,(H2,16,21). The molecule has 2 unspecified atom stereocenters. The zero-order chi connectivity index (χ0) is 15.4. The van der Waals surface area contributed by atoms with Gasteiger partial charge in [-0.15, -0.1) is 0 Å². The fourth-order valence-electron chi connectivity index (χ4n) is 2.58. The Morgan fingerprint density at radius 3 is 2.62 bits per heavy atom. The van der Waals surface area contributed by atoms with Crippen molar-refractivity contribution < 1.29 is 14.3 Å². The third-order valence-corrected chi connectivity index (χ3v) is 3.93. The summed E-state index contributed by atoms with van der Waals surface area (Å²) in [6.07, 6.45) is 0.608. The smallest absolute Gasteiger partial charge is 0.310 e. The highest BCUT2D eigenvalue weighted by molar-refractivity contribution is 7.80. The van der Waals surface area contributed by atoms with Gasteiger partial charge in [-0.25, -0.2) is 0 Å². The highest BCUT2D eigenvalue weighted by Crippen LogP contribution is 2.24. The van der Waals surface area contributed by atoms with E-state index >= 15 is 0 Å². The second-order valence-electron chi connectivity index (χ2n) is 5.04. The summed E-state index contributed by atoms with van der Waals surface area (Å²) in [6.45, 7) is 0.877. The number of hydrogen-bond donors (Lipinski definition) is 1. The first-order valence-corrected chi connectivity index (χ1v) is 7.16. The lowest BCUT2D eigenvalue weighted by atomic mass is 9.97. The van der Waals surface area contributed by atoms with Crippen LogP contribution in [0.2, 0.25) is 0 Å². The van der Waals surface area contributed by atoms with E-state index in [9.17, 15) is 9.59 Å². The monoisotopic (exact) mass is 306 g/mol. The van der Waals surface area contributed by atoms with Crippen molar-refractivity contribution in [2.75, 3.05) is 20.2 Å². The third kappa shape index (κ3) is 3.39. The zero-order valence-corrected chi connectivity index (χ0v) is 12.6. The first-order valence-electron chi connectivity index (χ1n) is 6.75. The summed E-state index contributed by atoms with van der Waals surface area (Å²) in [5, 5.41) is 0. The van der Waals surface area contributed by atoms with Crippen molar-refractivity contribution in [1.29, 1.82) is 0 Å². The number of esters is 1. The average molecular weight is 306 g/mol. The molecule has 0 aliphatic carbocycles. The van der Waals surface area contributed by atoms with Crippen molar-refractivity contribution in [3.63, 3.8) is 0 Å². The van der Waals surface area contributed by atoms with Crippen LogP contribution >= 0.6 is 12.2 Å². The van der Waals surface area contributed by atoms with E-state index in [-0.39, 0.29) is 22.8 Å². The van der Waals surface area contributed by atoms with E-state index in [4.69, 9.17) is 22.7 Å². The molecule has 0 bridgehead atoms. The number of ether oxygens (including phenoxy) is 1. The number of rotatable bonds is 4. The normalized spacial score (nSPS) is 19.1. The molecule has 0 radical (unpaired) electrons. The fraction of sp³-hybridized carbons (Fsp3) is 0.400. The molecule has 6 heteroatoms. The molecule has 0 saturated carbocycles. The third-order valence-electron chi connectivity index (χ3n) is 3.70. The van der Waals surface area contributed by atoms with E-state index in [0.29, 0.717) is 19.5 Å². The molecule has 5 nitrogen and oxygen atoms in total. The largest absolute Gasteiger partial charge is 0.469 e. The van der Waals surface area contributed by atoms with Gasteiger partial charge in [-0.05, 0) is 12.0 Å². The van der Waals surface area contributed by atoms with Crippen LogP contribution in [0, 0.1) is 5.92 Å². The van der Waals surface area contributed by atoms with Gasteiger partial charge in [0.15, 0.2) is 0 Å². The van der Waals surface area contributed by atoms with Gasteiger partial charge in [0.1, 0.15) is 5.92 Å². The molecule has 1 aromatic rings. The molecule has 21 heavy (non-hydrogen) atoms. The van der Waals surface area contributed by atoms with E-state index in [1.807, 2.05) is 30.3 Å². The van der Waals surface area contributed by atoms with E-state index in [1.165, 1.54) is 7.11 Å². The molecule has 2 rings (SSSR count). The van der Waals surface area contributed by atoms with Gasteiger partial charge in [-0.2, -0.15) is 0 Å². The summed E-state index contributed by atoms with van der Waals surface area (Å²) < 4.78 is 4.73. The highest BCUT2D eigenvalue weighted by atomic mass is 32.1. The van der Waals surface area contributed by atoms with Crippen LogP contribution in [-0.2, 0) is 14.3 Å². The summed E-state index contributed by atoms with van der Waals surface area (Å²) in [5.74, 6) is -1.34. The lowest BCUT2D eigenvalue weighted by molar-refractivity contribution is -0.145. The molecule has 1 saturated heterocycles. The molecule has 1 heterocycles. The topological polar surface area (TPSA) is 72.6 Å². The summed E-state index contributed by atoms with van der Waals surface area (Å²) in [6, 6.07) is 9.21. The second-order valence-corrected chi connectivity index (χ2v) is 5.51. The van der Waals surface area contributed by atoms with Crippen molar-refractivity contribution in [3.05, 3.63) is 35.9 Å². The highest BCUT2D eigenvalue weighted by Gasteiger charge is 2.36. The zero-order valence-electron chi connectivity index (χ0n) is 11.8.